The highest BCUT2D eigenvalue weighted by molar-refractivity contribution is 5.93. The monoisotopic (exact) mass is 306 g/mol. The zero-order valence-electron chi connectivity index (χ0n) is 12.9. The van der Waals surface area contributed by atoms with E-state index in [4.69, 9.17) is 10.7 Å². The van der Waals surface area contributed by atoms with Crippen LogP contribution in [0.1, 0.15) is 21.5 Å². The normalized spacial score (nSPS) is 10.9. The number of hydrogen-bond acceptors (Lipinski definition) is 3. The molecular weight excluding hydrogens is 288 g/mol. The van der Waals surface area contributed by atoms with E-state index >= 15 is 0 Å². The van der Waals surface area contributed by atoms with Crippen LogP contribution in [0.25, 0.3) is 22.2 Å². The summed E-state index contributed by atoms with van der Waals surface area (Å²) in [6.07, 6.45) is 0.577. The third kappa shape index (κ3) is 2.94. The maximum absolute atomic E-state index is 11.2. The average Bonchev–Trinajstić information content (AvgIpc) is 2.56. The number of primary amides is 1. The van der Waals surface area contributed by atoms with Crippen LogP contribution in [0.4, 0.5) is 0 Å². The smallest absolute Gasteiger partial charge is 0.248 e. The van der Waals surface area contributed by atoms with Gasteiger partial charge in [0.2, 0.25) is 5.91 Å². The van der Waals surface area contributed by atoms with Crippen molar-refractivity contribution >= 4 is 16.8 Å². The molecular formula is C19H18N2O2. The summed E-state index contributed by atoms with van der Waals surface area (Å²) in [6, 6.07) is 15.2. The van der Waals surface area contributed by atoms with Crippen molar-refractivity contribution in [3.63, 3.8) is 0 Å². The number of para-hydroxylation sites is 1. The molecule has 3 aromatic rings. The lowest BCUT2D eigenvalue weighted by Gasteiger charge is -2.10. The Labute approximate surface area is 134 Å². The Kier molecular flexibility index (Phi) is 4.08. The van der Waals surface area contributed by atoms with Gasteiger partial charge in [0, 0.05) is 23.1 Å². The number of nitrogens with two attached hydrogens (primary N) is 1. The first kappa shape index (κ1) is 15.2. The van der Waals surface area contributed by atoms with Crippen LogP contribution in [-0.2, 0) is 6.42 Å². The molecule has 0 fully saturated rings. The Hall–Kier alpha value is -2.72. The molecule has 0 aliphatic rings. The molecule has 0 atom stereocenters. The molecule has 3 N–H and O–H groups in total. The molecule has 116 valence electrons. The zero-order chi connectivity index (χ0) is 16.4. The van der Waals surface area contributed by atoms with Crippen LogP contribution in [0, 0.1) is 6.92 Å². The molecule has 4 heteroatoms. The highest BCUT2D eigenvalue weighted by Gasteiger charge is 2.09. The number of rotatable bonds is 4. The van der Waals surface area contributed by atoms with Crippen molar-refractivity contribution in [1.82, 2.24) is 4.98 Å². The van der Waals surface area contributed by atoms with Gasteiger partial charge in [-0.2, -0.15) is 0 Å². The minimum Gasteiger partial charge on any atom is -0.396 e. The van der Waals surface area contributed by atoms with Crippen LogP contribution in [0.2, 0.25) is 0 Å². The van der Waals surface area contributed by atoms with Crippen LogP contribution >= 0.6 is 0 Å². The van der Waals surface area contributed by atoms with Crippen LogP contribution in [0.15, 0.2) is 48.5 Å². The molecule has 0 bridgehead atoms. The highest BCUT2D eigenvalue weighted by atomic mass is 16.3. The van der Waals surface area contributed by atoms with E-state index in [0.717, 1.165) is 33.3 Å². The number of aliphatic hydroxyl groups is 1. The van der Waals surface area contributed by atoms with Gasteiger partial charge >= 0.3 is 0 Å². The minimum absolute atomic E-state index is 0.0946. The van der Waals surface area contributed by atoms with Crippen LogP contribution in [0.5, 0.6) is 0 Å². The number of hydrogen-bond donors (Lipinski definition) is 2. The number of fused-ring (bicyclic) bond motifs is 1. The molecule has 1 amide bonds. The number of benzene rings is 2. The summed E-state index contributed by atoms with van der Waals surface area (Å²) in [7, 11) is 0. The van der Waals surface area contributed by atoms with Crippen LogP contribution in [-0.4, -0.2) is 22.6 Å². The van der Waals surface area contributed by atoms with Gasteiger partial charge in [0.1, 0.15) is 0 Å². The highest BCUT2D eigenvalue weighted by Crippen LogP contribution is 2.26. The van der Waals surface area contributed by atoms with Gasteiger partial charge in [0.15, 0.2) is 0 Å². The number of pyridine rings is 1. The molecule has 2 aromatic carbocycles. The minimum atomic E-state index is -0.440. The lowest BCUT2D eigenvalue weighted by Crippen LogP contribution is -2.10. The summed E-state index contributed by atoms with van der Waals surface area (Å²) in [5, 5.41) is 10.3. The Morgan fingerprint density at radius 1 is 1.17 bits per heavy atom. The van der Waals surface area contributed by atoms with E-state index < -0.39 is 5.91 Å². The van der Waals surface area contributed by atoms with Gasteiger partial charge in [-0.3, -0.25) is 4.79 Å². The van der Waals surface area contributed by atoms with Gasteiger partial charge in [-0.1, -0.05) is 30.3 Å². The maximum Gasteiger partial charge on any atom is 0.248 e. The first-order valence-corrected chi connectivity index (χ1v) is 7.50. The first-order valence-electron chi connectivity index (χ1n) is 7.50. The summed E-state index contributed by atoms with van der Waals surface area (Å²) >= 11 is 0. The van der Waals surface area contributed by atoms with E-state index in [9.17, 15) is 9.90 Å². The fraction of sp³-hybridized carbons (Fsp3) is 0.158. The number of aliphatic hydroxyl groups excluding tert-OH is 1. The Morgan fingerprint density at radius 2 is 1.91 bits per heavy atom. The van der Waals surface area contributed by atoms with Gasteiger partial charge in [0.25, 0.3) is 0 Å². The molecule has 23 heavy (non-hydrogen) atoms. The summed E-state index contributed by atoms with van der Waals surface area (Å²) < 4.78 is 0. The topological polar surface area (TPSA) is 76.2 Å². The van der Waals surface area contributed by atoms with Crippen LogP contribution < -0.4 is 5.73 Å². The van der Waals surface area contributed by atoms with Crippen LogP contribution in [0.3, 0.4) is 0 Å². The third-order valence-corrected chi connectivity index (χ3v) is 3.98. The van der Waals surface area contributed by atoms with Gasteiger partial charge in [-0.15, -0.1) is 0 Å². The Morgan fingerprint density at radius 3 is 2.57 bits per heavy atom. The van der Waals surface area contributed by atoms with Crippen molar-refractivity contribution in [1.29, 1.82) is 0 Å². The number of amides is 1. The number of nitrogens with zero attached hydrogens (tertiary/aromatic N) is 1. The molecule has 0 saturated heterocycles. The van der Waals surface area contributed by atoms with E-state index in [1.807, 2.05) is 43.3 Å². The number of aromatic nitrogens is 1. The molecule has 1 heterocycles. The zero-order valence-corrected chi connectivity index (χ0v) is 12.9. The van der Waals surface area contributed by atoms with Crippen molar-refractivity contribution in [2.45, 2.75) is 13.3 Å². The maximum atomic E-state index is 11.2. The quantitative estimate of drug-likeness (QED) is 0.778. The van der Waals surface area contributed by atoms with Crippen molar-refractivity contribution in [3.05, 3.63) is 65.2 Å². The summed E-state index contributed by atoms with van der Waals surface area (Å²) in [4.78, 5) is 15.9. The van der Waals surface area contributed by atoms with E-state index in [1.165, 1.54) is 0 Å². The second kappa shape index (κ2) is 6.18. The summed E-state index contributed by atoms with van der Waals surface area (Å²) in [6.45, 7) is 2.14. The molecule has 0 unspecified atom stereocenters. The SMILES string of the molecule is Cc1cc(-c2ccc(C(N)=O)cc2)nc2c(CCO)cccc12. The number of carbonyl (C=O) groups is 1. The summed E-state index contributed by atoms with van der Waals surface area (Å²) in [5.74, 6) is -0.440. The van der Waals surface area contributed by atoms with Crippen molar-refractivity contribution in [2.75, 3.05) is 6.61 Å². The third-order valence-electron chi connectivity index (χ3n) is 3.98. The lowest BCUT2D eigenvalue weighted by atomic mass is 10.0. The molecule has 4 nitrogen and oxygen atoms in total. The largest absolute Gasteiger partial charge is 0.396 e. The Balaban J connectivity index is 2.14. The fourth-order valence-electron chi connectivity index (χ4n) is 2.75. The second-order valence-corrected chi connectivity index (χ2v) is 5.55. The second-order valence-electron chi connectivity index (χ2n) is 5.55. The predicted molar refractivity (Wildman–Crippen MR) is 91.2 cm³/mol. The van der Waals surface area contributed by atoms with Crippen molar-refractivity contribution in [2.24, 2.45) is 5.73 Å². The molecule has 0 aliphatic carbocycles. The molecule has 0 aliphatic heterocycles. The standard InChI is InChI=1S/C19H18N2O2/c1-12-11-17(13-5-7-15(8-6-13)19(20)23)21-18-14(9-10-22)3-2-4-16(12)18/h2-8,11,22H,9-10H2,1H3,(H2,20,23). The molecule has 0 saturated carbocycles. The summed E-state index contributed by atoms with van der Waals surface area (Å²) in [5.41, 5.74) is 10.6. The molecule has 0 spiro atoms. The van der Waals surface area contributed by atoms with E-state index in [1.54, 1.807) is 12.1 Å². The fourth-order valence-corrected chi connectivity index (χ4v) is 2.75. The molecule has 1 aromatic heterocycles. The van der Waals surface area contributed by atoms with Crippen molar-refractivity contribution < 1.29 is 9.90 Å². The van der Waals surface area contributed by atoms with E-state index in [0.29, 0.717) is 12.0 Å². The number of carbonyl (C=O) groups excluding carboxylic acids is 1. The van der Waals surface area contributed by atoms with Crippen molar-refractivity contribution in [3.8, 4) is 11.3 Å². The predicted octanol–water partition coefficient (Wildman–Crippen LogP) is 2.84. The lowest BCUT2D eigenvalue weighted by molar-refractivity contribution is 0.100. The Bertz CT molecular complexity index is 870. The van der Waals surface area contributed by atoms with E-state index in [2.05, 4.69) is 0 Å². The van der Waals surface area contributed by atoms with Gasteiger partial charge < -0.3 is 10.8 Å². The molecule has 3 rings (SSSR count). The molecule has 0 radical (unpaired) electrons. The average molecular weight is 306 g/mol. The van der Waals surface area contributed by atoms with Gasteiger partial charge in [-0.25, -0.2) is 4.98 Å². The first-order chi connectivity index (χ1) is 11.1. The van der Waals surface area contributed by atoms with Gasteiger partial charge in [-0.05, 0) is 42.7 Å². The number of aryl methyl sites for hydroxylation is 1. The van der Waals surface area contributed by atoms with Gasteiger partial charge in [0.05, 0.1) is 11.2 Å². The van der Waals surface area contributed by atoms with E-state index in [-0.39, 0.29) is 6.61 Å².